The first-order chi connectivity index (χ1) is 8.32. The molecule has 0 saturated heterocycles. The summed E-state index contributed by atoms with van der Waals surface area (Å²) in [6, 6.07) is 3.71. The van der Waals surface area contributed by atoms with E-state index in [0.29, 0.717) is 5.56 Å². The van der Waals surface area contributed by atoms with Crippen LogP contribution in [0.4, 0.5) is 0 Å². The zero-order valence-corrected chi connectivity index (χ0v) is 13.1. The average Bonchev–Trinajstić information content (AvgIpc) is 2.65. The van der Waals surface area contributed by atoms with Crippen molar-refractivity contribution in [1.29, 1.82) is 0 Å². The predicted octanol–water partition coefficient (Wildman–Crippen LogP) is 4.14. The third-order valence-electron chi connectivity index (χ3n) is 2.70. The molecule has 18 heavy (non-hydrogen) atoms. The number of carbonyl (C=O) groups excluding carboxylic acids is 1. The van der Waals surface area contributed by atoms with Crippen molar-refractivity contribution in [3.8, 4) is 0 Å². The van der Waals surface area contributed by atoms with Crippen LogP contribution in [0.5, 0.6) is 0 Å². The van der Waals surface area contributed by atoms with E-state index in [-0.39, 0.29) is 11.4 Å². The first-order valence-electron chi connectivity index (χ1n) is 5.52. The Bertz CT molecular complexity index is 613. The molecule has 0 fully saturated rings. The molecule has 3 nitrogen and oxygen atoms in total. The first kappa shape index (κ1) is 13.5. The third-order valence-corrected chi connectivity index (χ3v) is 4.15. The molecule has 0 bridgehead atoms. The number of benzene rings is 1. The third kappa shape index (κ3) is 2.42. The highest BCUT2D eigenvalue weighted by Gasteiger charge is 2.22. The minimum atomic E-state index is -0.313. The maximum atomic E-state index is 11.7. The molecule has 0 aliphatic heterocycles. The fourth-order valence-electron chi connectivity index (χ4n) is 1.81. The molecule has 0 unspecified atom stereocenters. The Morgan fingerprint density at radius 3 is 2.61 bits per heavy atom. The Morgan fingerprint density at radius 2 is 2.06 bits per heavy atom. The fraction of sp³-hybridized carbons (Fsp3) is 0.385. The second-order valence-corrected chi connectivity index (χ2v) is 7.39. The highest BCUT2D eigenvalue weighted by Crippen LogP contribution is 2.35. The average molecular weight is 328 g/mol. The van der Waals surface area contributed by atoms with E-state index in [1.54, 1.807) is 0 Å². The number of nitrogens with zero attached hydrogens (tertiary/aromatic N) is 1. The van der Waals surface area contributed by atoms with Gasteiger partial charge in [-0.2, -0.15) is 0 Å². The van der Waals surface area contributed by atoms with Crippen LogP contribution in [-0.2, 0) is 10.2 Å². The number of ether oxygens (including phenoxy) is 1. The van der Waals surface area contributed by atoms with E-state index >= 15 is 0 Å². The highest BCUT2D eigenvalue weighted by atomic mass is 79.9. The zero-order chi connectivity index (χ0) is 13.5. The molecule has 2 rings (SSSR count). The van der Waals surface area contributed by atoms with Crippen molar-refractivity contribution in [2.24, 2.45) is 0 Å². The van der Waals surface area contributed by atoms with E-state index in [1.807, 2.05) is 12.1 Å². The molecular weight excluding hydrogens is 314 g/mol. The summed E-state index contributed by atoms with van der Waals surface area (Å²) in [6.45, 7) is 6.32. The van der Waals surface area contributed by atoms with E-state index in [1.165, 1.54) is 18.4 Å². The van der Waals surface area contributed by atoms with Gasteiger partial charge in [-0.1, -0.05) is 20.8 Å². The summed E-state index contributed by atoms with van der Waals surface area (Å²) in [6.07, 6.45) is 0. The molecule has 0 radical (unpaired) electrons. The smallest absolute Gasteiger partial charge is 0.337 e. The van der Waals surface area contributed by atoms with Crippen LogP contribution in [0.3, 0.4) is 0 Å². The van der Waals surface area contributed by atoms with Gasteiger partial charge in [-0.05, 0) is 39.0 Å². The maximum Gasteiger partial charge on any atom is 0.337 e. The van der Waals surface area contributed by atoms with Crippen LogP contribution in [-0.4, -0.2) is 18.1 Å². The van der Waals surface area contributed by atoms with Gasteiger partial charge in [-0.15, -0.1) is 11.3 Å². The van der Waals surface area contributed by atoms with Gasteiger partial charge in [-0.25, -0.2) is 9.78 Å². The lowest BCUT2D eigenvalue weighted by Crippen LogP contribution is -2.13. The molecule has 0 atom stereocenters. The summed E-state index contributed by atoms with van der Waals surface area (Å²) >= 11 is 4.92. The molecule has 1 aromatic carbocycles. The molecule has 96 valence electrons. The van der Waals surface area contributed by atoms with E-state index in [0.717, 1.165) is 19.7 Å². The normalized spacial score (nSPS) is 11.8. The number of hydrogen-bond acceptors (Lipinski definition) is 4. The van der Waals surface area contributed by atoms with Crippen molar-refractivity contribution in [1.82, 2.24) is 4.98 Å². The Morgan fingerprint density at radius 1 is 1.39 bits per heavy atom. The van der Waals surface area contributed by atoms with E-state index in [2.05, 4.69) is 41.7 Å². The molecule has 0 spiro atoms. The van der Waals surface area contributed by atoms with Gasteiger partial charge in [0.1, 0.15) is 0 Å². The predicted molar refractivity (Wildman–Crippen MR) is 77.4 cm³/mol. The molecule has 2 aromatic rings. The van der Waals surface area contributed by atoms with Crippen molar-refractivity contribution in [2.45, 2.75) is 26.2 Å². The van der Waals surface area contributed by atoms with Gasteiger partial charge in [0.25, 0.3) is 0 Å². The van der Waals surface area contributed by atoms with Gasteiger partial charge >= 0.3 is 5.97 Å². The molecule has 0 aliphatic rings. The van der Waals surface area contributed by atoms with Crippen molar-refractivity contribution in [3.63, 3.8) is 0 Å². The lowest BCUT2D eigenvalue weighted by molar-refractivity contribution is 0.0601. The topological polar surface area (TPSA) is 39.2 Å². The number of aromatic nitrogens is 1. The zero-order valence-electron chi connectivity index (χ0n) is 10.7. The Kier molecular flexibility index (Phi) is 3.47. The van der Waals surface area contributed by atoms with Gasteiger partial charge in [-0.3, -0.25) is 0 Å². The number of esters is 1. The van der Waals surface area contributed by atoms with E-state index in [4.69, 9.17) is 4.74 Å². The Hall–Kier alpha value is -0.940. The molecular formula is C13H14BrNO2S. The maximum absolute atomic E-state index is 11.7. The van der Waals surface area contributed by atoms with Crippen LogP contribution in [0.2, 0.25) is 0 Å². The summed E-state index contributed by atoms with van der Waals surface area (Å²) in [7, 11) is 1.39. The SMILES string of the molecule is COC(=O)c1cc(C(C)(C)C)c2nc(Br)sc2c1. The Balaban J connectivity index is 2.76. The molecule has 0 saturated carbocycles. The summed E-state index contributed by atoms with van der Waals surface area (Å²) in [5, 5.41) is 0. The van der Waals surface area contributed by atoms with Crippen LogP contribution in [0.25, 0.3) is 10.2 Å². The summed E-state index contributed by atoms with van der Waals surface area (Å²) < 4.78 is 6.61. The van der Waals surface area contributed by atoms with Crippen molar-refractivity contribution in [2.75, 3.05) is 7.11 Å². The summed E-state index contributed by atoms with van der Waals surface area (Å²) in [5.74, 6) is -0.313. The summed E-state index contributed by atoms with van der Waals surface area (Å²) in [5.41, 5.74) is 2.51. The first-order valence-corrected chi connectivity index (χ1v) is 7.13. The molecule has 0 N–H and O–H groups in total. The van der Waals surface area contributed by atoms with Crippen molar-refractivity contribution >= 4 is 43.5 Å². The van der Waals surface area contributed by atoms with Crippen LogP contribution < -0.4 is 0 Å². The molecule has 1 heterocycles. The Labute approximate surface area is 118 Å². The number of rotatable bonds is 1. The quantitative estimate of drug-likeness (QED) is 0.739. The van der Waals surface area contributed by atoms with Crippen molar-refractivity contribution < 1.29 is 9.53 Å². The summed E-state index contributed by atoms with van der Waals surface area (Å²) in [4.78, 5) is 16.2. The van der Waals surface area contributed by atoms with Gasteiger partial charge < -0.3 is 4.74 Å². The minimum Gasteiger partial charge on any atom is -0.465 e. The van der Waals surface area contributed by atoms with Gasteiger partial charge in [0.05, 0.1) is 22.9 Å². The fourth-order valence-corrected chi connectivity index (χ4v) is 3.27. The number of hydrogen-bond donors (Lipinski definition) is 0. The van der Waals surface area contributed by atoms with Crippen LogP contribution in [0.15, 0.2) is 16.0 Å². The number of methoxy groups -OCH3 is 1. The lowest BCUT2D eigenvalue weighted by Gasteiger charge is -2.20. The van der Waals surface area contributed by atoms with Gasteiger partial charge in [0.15, 0.2) is 3.92 Å². The second-order valence-electron chi connectivity index (χ2n) is 5.08. The van der Waals surface area contributed by atoms with Crippen molar-refractivity contribution in [3.05, 3.63) is 27.2 Å². The molecule has 1 aromatic heterocycles. The monoisotopic (exact) mass is 327 g/mol. The molecule has 0 amide bonds. The van der Waals surface area contributed by atoms with Crippen LogP contribution in [0.1, 0.15) is 36.7 Å². The number of carbonyl (C=O) groups is 1. The number of fused-ring (bicyclic) bond motifs is 1. The number of thiazole rings is 1. The van der Waals surface area contributed by atoms with Crippen LogP contribution >= 0.6 is 27.3 Å². The largest absolute Gasteiger partial charge is 0.465 e. The van der Waals surface area contributed by atoms with Gasteiger partial charge in [0.2, 0.25) is 0 Å². The van der Waals surface area contributed by atoms with E-state index in [9.17, 15) is 4.79 Å². The molecule has 5 heteroatoms. The second kappa shape index (κ2) is 4.63. The van der Waals surface area contributed by atoms with Crippen LogP contribution in [0, 0.1) is 0 Å². The lowest BCUT2D eigenvalue weighted by atomic mass is 9.85. The van der Waals surface area contributed by atoms with Gasteiger partial charge in [0, 0.05) is 0 Å². The standard InChI is InChI=1S/C13H14BrNO2S/c1-13(2,3)8-5-7(11(16)17-4)6-9-10(8)15-12(14)18-9/h5-6H,1-4H3. The van der Waals surface area contributed by atoms with E-state index < -0.39 is 0 Å². The highest BCUT2D eigenvalue weighted by molar-refractivity contribution is 9.11. The number of halogens is 1. The molecule has 0 aliphatic carbocycles. The minimum absolute atomic E-state index is 0.0736.